The van der Waals surface area contributed by atoms with E-state index in [1.807, 2.05) is 49.5 Å². The van der Waals surface area contributed by atoms with E-state index in [0.29, 0.717) is 6.54 Å². The fraction of sp³-hybridized carbons (Fsp3) is 0.214. The summed E-state index contributed by atoms with van der Waals surface area (Å²) in [6.45, 7) is 3.20. The highest BCUT2D eigenvalue weighted by Crippen LogP contribution is 2.08. The van der Waals surface area contributed by atoms with Crippen molar-refractivity contribution in [2.24, 2.45) is 0 Å². The Balaban J connectivity index is 2.01. The maximum absolute atomic E-state index is 11.9. The Morgan fingerprint density at radius 1 is 1.28 bits per heavy atom. The highest BCUT2D eigenvalue weighted by atomic mass is 79.9. The van der Waals surface area contributed by atoms with Crippen LogP contribution in [0.25, 0.3) is 0 Å². The second kappa shape index (κ2) is 5.87. The number of hydrogen-bond acceptors (Lipinski definition) is 2. The molecule has 2 rings (SSSR count). The molecule has 0 atom stereocenters. The topological polar surface area (TPSA) is 34.0 Å². The smallest absolute Gasteiger partial charge is 0.253 e. The Morgan fingerprint density at radius 2 is 2.00 bits per heavy atom. The molecule has 0 spiro atoms. The van der Waals surface area contributed by atoms with Crippen LogP contribution in [-0.2, 0) is 6.54 Å². The van der Waals surface area contributed by atoms with Gasteiger partial charge < -0.3 is 9.88 Å². The fourth-order valence-electron chi connectivity index (χ4n) is 1.78. The number of nitrogens with zero attached hydrogens (tertiary/aromatic N) is 1. The van der Waals surface area contributed by atoms with E-state index in [1.165, 1.54) is 0 Å². The van der Waals surface area contributed by atoms with Gasteiger partial charge >= 0.3 is 0 Å². The quantitative estimate of drug-likeness (QED) is 0.942. The lowest BCUT2D eigenvalue weighted by Crippen LogP contribution is -2.24. The van der Waals surface area contributed by atoms with Gasteiger partial charge in [0.15, 0.2) is 0 Å². The predicted molar refractivity (Wildman–Crippen MR) is 78.1 cm³/mol. The number of nitrogens with one attached hydrogen (secondary N) is 1. The molecular formula is C14H15BrN2O. The molecule has 3 nitrogen and oxygen atoms in total. The molecule has 0 saturated carbocycles. The second-order valence-electron chi connectivity index (χ2n) is 4.13. The molecule has 0 radical (unpaired) electrons. The molecule has 1 heterocycles. The average Bonchev–Trinajstić information content (AvgIpc) is 2.36. The molecule has 1 aromatic heterocycles. The van der Waals surface area contributed by atoms with E-state index in [9.17, 15) is 4.79 Å². The van der Waals surface area contributed by atoms with Crippen molar-refractivity contribution in [2.75, 3.05) is 11.9 Å². The summed E-state index contributed by atoms with van der Waals surface area (Å²) in [7, 11) is 0. The van der Waals surface area contributed by atoms with Crippen molar-refractivity contribution in [3.8, 4) is 0 Å². The average molecular weight is 307 g/mol. The van der Waals surface area contributed by atoms with Crippen LogP contribution in [-0.4, -0.2) is 11.1 Å². The van der Waals surface area contributed by atoms with E-state index < -0.39 is 0 Å². The minimum Gasteiger partial charge on any atom is -0.383 e. The third-order valence-electron chi connectivity index (χ3n) is 2.69. The number of aryl methyl sites for hydroxylation is 1. The van der Waals surface area contributed by atoms with Crippen molar-refractivity contribution in [1.82, 2.24) is 4.57 Å². The minimum atomic E-state index is 0.0630. The highest BCUT2D eigenvalue weighted by Gasteiger charge is 2.01. The molecule has 1 aromatic carbocycles. The number of halogens is 1. The molecule has 0 aliphatic heterocycles. The normalized spacial score (nSPS) is 10.3. The first-order valence-corrected chi connectivity index (χ1v) is 6.61. The van der Waals surface area contributed by atoms with Crippen molar-refractivity contribution in [3.05, 3.63) is 63.0 Å². The number of pyridine rings is 1. The van der Waals surface area contributed by atoms with Crippen LogP contribution in [0.3, 0.4) is 0 Å². The summed E-state index contributed by atoms with van der Waals surface area (Å²) in [5, 5.41) is 3.28. The third kappa shape index (κ3) is 3.23. The first-order chi connectivity index (χ1) is 8.66. The second-order valence-corrected chi connectivity index (χ2v) is 5.05. The molecular weight excluding hydrogens is 292 g/mol. The molecule has 0 saturated heterocycles. The molecule has 0 fully saturated rings. The van der Waals surface area contributed by atoms with E-state index in [0.717, 1.165) is 22.3 Å². The van der Waals surface area contributed by atoms with Crippen LogP contribution in [0, 0.1) is 6.92 Å². The van der Waals surface area contributed by atoms with Gasteiger partial charge in [-0.25, -0.2) is 0 Å². The summed E-state index contributed by atoms with van der Waals surface area (Å²) in [4.78, 5) is 11.9. The minimum absolute atomic E-state index is 0.0630. The number of para-hydroxylation sites is 1. The van der Waals surface area contributed by atoms with Crippen molar-refractivity contribution >= 4 is 21.6 Å². The molecule has 0 unspecified atom stereocenters. The number of hydrogen-bond donors (Lipinski definition) is 1. The number of rotatable bonds is 4. The maximum Gasteiger partial charge on any atom is 0.253 e. The Hall–Kier alpha value is -1.55. The van der Waals surface area contributed by atoms with Crippen LogP contribution in [0.15, 0.2) is 51.9 Å². The maximum atomic E-state index is 11.9. The van der Waals surface area contributed by atoms with E-state index in [-0.39, 0.29) is 5.56 Å². The van der Waals surface area contributed by atoms with E-state index in [1.54, 1.807) is 4.57 Å². The number of aromatic nitrogens is 1. The van der Waals surface area contributed by atoms with Crippen LogP contribution in [0.2, 0.25) is 0 Å². The molecule has 94 valence electrons. The summed E-state index contributed by atoms with van der Waals surface area (Å²) in [5.41, 5.74) is 1.88. The Bertz CT molecular complexity index is 578. The van der Waals surface area contributed by atoms with Gasteiger partial charge in [-0.15, -0.1) is 0 Å². The Kier molecular flexibility index (Phi) is 4.20. The Labute approximate surface area is 115 Å². The number of anilines is 1. The van der Waals surface area contributed by atoms with Gasteiger partial charge in [-0.1, -0.05) is 18.2 Å². The monoisotopic (exact) mass is 306 g/mol. The van der Waals surface area contributed by atoms with Crippen LogP contribution in [0.4, 0.5) is 5.69 Å². The molecule has 0 bridgehead atoms. The SMILES string of the molecule is Cc1cc(Br)cn(CCNc2ccccc2)c1=O. The zero-order valence-electron chi connectivity index (χ0n) is 10.2. The zero-order chi connectivity index (χ0) is 13.0. The third-order valence-corrected chi connectivity index (χ3v) is 3.12. The molecule has 0 aliphatic carbocycles. The van der Waals surface area contributed by atoms with Crippen LogP contribution in [0.5, 0.6) is 0 Å². The van der Waals surface area contributed by atoms with Crippen LogP contribution < -0.4 is 10.9 Å². The predicted octanol–water partition coefficient (Wildman–Crippen LogP) is 3.03. The lowest BCUT2D eigenvalue weighted by atomic mass is 10.3. The standard InChI is InChI=1S/C14H15BrN2O/c1-11-9-12(15)10-17(14(11)18)8-7-16-13-5-3-2-4-6-13/h2-6,9-10,16H,7-8H2,1H3. The molecule has 0 aliphatic rings. The first kappa shape index (κ1) is 12.9. The van der Waals surface area contributed by atoms with Gasteiger partial charge in [0.05, 0.1) is 0 Å². The lowest BCUT2D eigenvalue weighted by molar-refractivity contribution is 0.690. The van der Waals surface area contributed by atoms with Crippen LogP contribution >= 0.6 is 15.9 Å². The molecule has 18 heavy (non-hydrogen) atoms. The largest absolute Gasteiger partial charge is 0.383 e. The summed E-state index contributed by atoms with van der Waals surface area (Å²) in [5.74, 6) is 0. The molecule has 4 heteroatoms. The van der Waals surface area contributed by atoms with Gasteiger partial charge in [0.25, 0.3) is 5.56 Å². The summed E-state index contributed by atoms with van der Waals surface area (Å²) in [6, 6.07) is 11.8. The first-order valence-electron chi connectivity index (χ1n) is 5.82. The lowest BCUT2D eigenvalue weighted by Gasteiger charge is -2.09. The summed E-state index contributed by atoms with van der Waals surface area (Å²) >= 11 is 3.40. The van der Waals surface area contributed by atoms with Crippen molar-refractivity contribution in [2.45, 2.75) is 13.5 Å². The van der Waals surface area contributed by atoms with E-state index in [4.69, 9.17) is 0 Å². The van der Waals surface area contributed by atoms with Gasteiger partial charge in [-0.3, -0.25) is 4.79 Å². The molecule has 2 aromatic rings. The molecule has 1 N–H and O–H groups in total. The van der Waals surface area contributed by atoms with Crippen molar-refractivity contribution in [1.29, 1.82) is 0 Å². The van der Waals surface area contributed by atoms with Gasteiger partial charge in [-0.2, -0.15) is 0 Å². The van der Waals surface area contributed by atoms with Crippen molar-refractivity contribution < 1.29 is 0 Å². The number of benzene rings is 1. The summed E-state index contributed by atoms with van der Waals surface area (Å²) in [6.07, 6.45) is 1.82. The highest BCUT2D eigenvalue weighted by molar-refractivity contribution is 9.10. The van der Waals surface area contributed by atoms with E-state index in [2.05, 4.69) is 21.2 Å². The van der Waals surface area contributed by atoms with E-state index >= 15 is 0 Å². The fourth-order valence-corrected chi connectivity index (χ4v) is 2.37. The van der Waals surface area contributed by atoms with Gasteiger partial charge in [-0.05, 0) is 41.1 Å². The summed E-state index contributed by atoms with van der Waals surface area (Å²) < 4.78 is 2.65. The van der Waals surface area contributed by atoms with Gasteiger partial charge in [0, 0.05) is 35.0 Å². The molecule has 0 amide bonds. The Morgan fingerprint density at radius 3 is 2.72 bits per heavy atom. The zero-order valence-corrected chi connectivity index (χ0v) is 11.8. The van der Waals surface area contributed by atoms with Crippen molar-refractivity contribution in [3.63, 3.8) is 0 Å². The van der Waals surface area contributed by atoms with Gasteiger partial charge in [0.2, 0.25) is 0 Å². The van der Waals surface area contributed by atoms with Gasteiger partial charge in [0.1, 0.15) is 0 Å². The van der Waals surface area contributed by atoms with Crippen LogP contribution in [0.1, 0.15) is 5.56 Å².